The minimum Gasteiger partial charge on any atom is -0.456 e. The number of furan rings is 1. The highest BCUT2D eigenvalue weighted by Gasteiger charge is 2.49. The van der Waals surface area contributed by atoms with E-state index in [9.17, 15) is 13.2 Å². The zero-order valence-electron chi connectivity index (χ0n) is 12.8. The van der Waals surface area contributed by atoms with Gasteiger partial charge in [-0.15, -0.1) is 0 Å². The Hall–Kier alpha value is -2.34. The van der Waals surface area contributed by atoms with Crippen molar-refractivity contribution in [3.63, 3.8) is 0 Å². The molecule has 5 rings (SSSR count). The molecular weight excluding hydrogens is 326 g/mol. The van der Waals surface area contributed by atoms with Crippen LogP contribution >= 0.6 is 0 Å². The normalized spacial score (nSPS) is 25.7. The van der Waals surface area contributed by atoms with Crippen molar-refractivity contribution < 1.29 is 17.6 Å². The van der Waals surface area contributed by atoms with Gasteiger partial charge in [0.2, 0.25) is 5.91 Å². The topological polar surface area (TPSA) is 67.6 Å². The van der Waals surface area contributed by atoms with Crippen molar-refractivity contribution >= 4 is 43.4 Å². The summed E-state index contributed by atoms with van der Waals surface area (Å²) < 4.78 is 29.7. The fourth-order valence-corrected chi connectivity index (χ4v) is 6.16. The second-order valence-corrected chi connectivity index (χ2v) is 8.80. The second-order valence-electron chi connectivity index (χ2n) is 6.65. The summed E-state index contributed by atoms with van der Waals surface area (Å²) in [4.78, 5) is 14.1. The first-order valence-corrected chi connectivity index (χ1v) is 9.78. The molecule has 0 N–H and O–H groups in total. The Balaban J connectivity index is 1.66. The molecular formula is C18H15NO4S. The first-order valence-electron chi connectivity index (χ1n) is 7.96. The SMILES string of the molecule is O=C1C[C@H]2CS(=O)(=O)C[C@@H]2N1c1ccc2oc3ccccc3c2c1. The fraction of sp³-hybridized carbons (Fsp3) is 0.278. The summed E-state index contributed by atoms with van der Waals surface area (Å²) in [5.74, 6) is 0.107. The minimum atomic E-state index is -3.05. The maximum Gasteiger partial charge on any atom is 0.227 e. The number of carbonyl (C=O) groups excluding carboxylic acids is 1. The van der Waals surface area contributed by atoms with Crippen LogP contribution < -0.4 is 4.90 Å². The van der Waals surface area contributed by atoms with Gasteiger partial charge in [0.15, 0.2) is 9.84 Å². The number of sulfone groups is 1. The molecule has 1 aromatic heterocycles. The lowest BCUT2D eigenvalue weighted by atomic mass is 10.0. The Morgan fingerprint density at radius 2 is 1.79 bits per heavy atom. The molecule has 2 atom stereocenters. The monoisotopic (exact) mass is 341 g/mol. The molecule has 0 saturated carbocycles. The standard InChI is InChI=1S/C18H15NO4S/c20-18-7-11-9-24(21,22)10-15(11)19(18)12-5-6-17-14(8-12)13-3-1-2-4-16(13)23-17/h1-6,8,11,15H,7,9-10H2/t11-,15-/m0/s1. The van der Waals surface area contributed by atoms with E-state index in [4.69, 9.17) is 4.42 Å². The van der Waals surface area contributed by atoms with E-state index in [-0.39, 0.29) is 29.4 Å². The summed E-state index contributed by atoms with van der Waals surface area (Å²) in [6.07, 6.45) is 0.314. The van der Waals surface area contributed by atoms with E-state index in [1.165, 1.54) is 0 Å². The van der Waals surface area contributed by atoms with Crippen molar-refractivity contribution in [2.24, 2.45) is 5.92 Å². The van der Waals surface area contributed by atoms with Crippen molar-refractivity contribution in [2.45, 2.75) is 12.5 Å². The molecule has 2 saturated heterocycles. The van der Waals surface area contributed by atoms with Gasteiger partial charge in [-0.1, -0.05) is 18.2 Å². The summed E-state index contributed by atoms with van der Waals surface area (Å²) in [5, 5.41) is 1.94. The number of anilines is 1. The van der Waals surface area contributed by atoms with Crippen LogP contribution in [0.15, 0.2) is 46.9 Å². The van der Waals surface area contributed by atoms with Crippen LogP contribution in [0.25, 0.3) is 21.9 Å². The maximum absolute atomic E-state index is 12.4. The zero-order chi connectivity index (χ0) is 16.5. The van der Waals surface area contributed by atoms with Gasteiger partial charge in [0, 0.05) is 28.8 Å². The number of para-hydroxylation sites is 1. The molecule has 6 heteroatoms. The van der Waals surface area contributed by atoms with Gasteiger partial charge >= 0.3 is 0 Å². The van der Waals surface area contributed by atoms with E-state index < -0.39 is 9.84 Å². The average Bonchev–Trinajstić information content (AvgIpc) is 3.13. The Bertz CT molecular complexity index is 1100. The molecule has 2 aromatic carbocycles. The molecule has 122 valence electrons. The zero-order valence-corrected chi connectivity index (χ0v) is 13.6. The van der Waals surface area contributed by atoms with Crippen molar-refractivity contribution in [1.82, 2.24) is 0 Å². The number of hydrogen-bond acceptors (Lipinski definition) is 4. The predicted molar refractivity (Wildman–Crippen MR) is 91.8 cm³/mol. The van der Waals surface area contributed by atoms with Crippen molar-refractivity contribution in [3.8, 4) is 0 Å². The largest absolute Gasteiger partial charge is 0.456 e. The molecule has 3 heterocycles. The summed E-state index contributed by atoms with van der Waals surface area (Å²) >= 11 is 0. The lowest BCUT2D eigenvalue weighted by molar-refractivity contribution is -0.117. The average molecular weight is 341 g/mol. The van der Waals surface area contributed by atoms with E-state index in [2.05, 4.69) is 0 Å². The molecule has 1 amide bonds. The summed E-state index contributed by atoms with van der Waals surface area (Å²) in [7, 11) is -3.05. The van der Waals surface area contributed by atoms with E-state index >= 15 is 0 Å². The van der Waals surface area contributed by atoms with Gasteiger partial charge in [0.25, 0.3) is 0 Å². The Labute approximate surface area is 138 Å². The molecule has 2 fully saturated rings. The number of benzene rings is 2. The molecule has 2 aliphatic heterocycles. The molecule has 5 nitrogen and oxygen atoms in total. The maximum atomic E-state index is 12.4. The third-order valence-corrected chi connectivity index (χ3v) is 6.90. The number of fused-ring (bicyclic) bond motifs is 4. The number of amides is 1. The Kier molecular flexibility index (Phi) is 2.69. The number of carbonyl (C=O) groups is 1. The van der Waals surface area contributed by atoms with Crippen LogP contribution in [0.4, 0.5) is 5.69 Å². The molecule has 0 spiro atoms. The lowest BCUT2D eigenvalue weighted by Crippen LogP contribution is -2.36. The Morgan fingerprint density at radius 1 is 1.00 bits per heavy atom. The predicted octanol–water partition coefficient (Wildman–Crippen LogP) is 2.74. The first-order chi connectivity index (χ1) is 11.5. The van der Waals surface area contributed by atoms with Gasteiger partial charge in [-0.2, -0.15) is 0 Å². The Morgan fingerprint density at radius 3 is 2.67 bits per heavy atom. The van der Waals surface area contributed by atoms with Crippen LogP contribution in [0.3, 0.4) is 0 Å². The third-order valence-electron chi connectivity index (χ3n) is 5.11. The van der Waals surface area contributed by atoms with Gasteiger partial charge in [-0.05, 0) is 24.3 Å². The molecule has 0 bridgehead atoms. The molecule has 0 unspecified atom stereocenters. The molecule has 0 aliphatic carbocycles. The quantitative estimate of drug-likeness (QED) is 0.682. The smallest absolute Gasteiger partial charge is 0.227 e. The minimum absolute atomic E-state index is 0.00653. The molecule has 2 aliphatic rings. The van der Waals surface area contributed by atoms with Crippen molar-refractivity contribution in [1.29, 1.82) is 0 Å². The fourth-order valence-electron chi connectivity index (χ4n) is 4.09. The van der Waals surface area contributed by atoms with Gasteiger partial charge in [-0.25, -0.2) is 8.42 Å². The summed E-state index contributed by atoms with van der Waals surface area (Å²) in [5.41, 5.74) is 2.32. The third kappa shape index (κ3) is 1.92. The lowest BCUT2D eigenvalue weighted by Gasteiger charge is -2.23. The number of rotatable bonds is 1. The van der Waals surface area contributed by atoms with Gasteiger partial charge in [0.05, 0.1) is 17.5 Å². The van der Waals surface area contributed by atoms with Crippen LogP contribution in [-0.2, 0) is 14.6 Å². The highest BCUT2D eigenvalue weighted by Crippen LogP contribution is 2.39. The van der Waals surface area contributed by atoms with Crippen LogP contribution in [-0.4, -0.2) is 31.9 Å². The van der Waals surface area contributed by atoms with Crippen molar-refractivity contribution in [2.75, 3.05) is 16.4 Å². The number of hydrogen-bond donors (Lipinski definition) is 0. The van der Waals surface area contributed by atoms with Gasteiger partial charge in [0.1, 0.15) is 11.2 Å². The second kappa shape index (κ2) is 4.60. The van der Waals surface area contributed by atoms with E-state index in [0.29, 0.717) is 6.42 Å². The van der Waals surface area contributed by atoms with E-state index in [1.807, 2.05) is 42.5 Å². The van der Waals surface area contributed by atoms with Crippen LogP contribution in [0.1, 0.15) is 6.42 Å². The van der Waals surface area contributed by atoms with Crippen molar-refractivity contribution in [3.05, 3.63) is 42.5 Å². The molecule has 0 radical (unpaired) electrons. The van der Waals surface area contributed by atoms with E-state index in [0.717, 1.165) is 27.6 Å². The highest BCUT2D eigenvalue weighted by molar-refractivity contribution is 7.91. The van der Waals surface area contributed by atoms with E-state index in [1.54, 1.807) is 4.90 Å². The van der Waals surface area contributed by atoms with Gasteiger partial charge in [-0.3, -0.25) is 4.79 Å². The van der Waals surface area contributed by atoms with Gasteiger partial charge < -0.3 is 9.32 Å². The molecule has 24 heavy (non-hydrogen) atoms. The highest BCUT2D eigenvalue weighted by atomic mass is 32.2. The first kappa shape index (κ1) is 14.0. The number of nitrogens with zero attached hydrogens (tertiary/aromatic N) is 1. The molecule has 3 aromatic rings. The summed E-state index contributed by atoms with van der Waals surface area (Å²) in [6, 6.07) is 13.2. The summed E-state index contributed by atoms with van der Waals surface area (Å²) in [6.45, 7) is 0. The van der Waals surface area contributed by atoms with Crippen LogP contribution in [0.2, 0.25) is 0 Å². The van der Waals surface area contributed by atoms with Crippen LogP contribution in [0.5, 0.6) is 0 Å². The van der Waals surface area contributed by atoms with Crippen LogP contribution in [0, 0.1) is 5.92 Å².